The molecule has 0 aromatic carbocycles. The molecule has 0 bridgehead atoms. The van der Waals surface area contributed by atoms with Gasteiger partial charge in [-0.3, -0.25) is 4.79 Å². The summed E-state index contributed by atoms with van der Waals surface area (Å²) in [6.07, 6.45) is 6.37. The van der Waals surface area contributed by atoms with E-state index in [0.29, 0.717) is 12.8 Å². The monoisotopic (exact) mass is 243 g/mol. The highest BCUT2D eigenvalue weighted by Crippen LogP contribution is 2.09. The summed E-state index contributed by atoms with van der Waals surface area (Å²) in [5.74, 6) is -0.981. The van der Waals surface area contributed by atoms with Crippen LogP contribution in [0.4, 0.5) is 0 Å². The fourth-order valence-electron chi connectivity index (χ4n) is 1.84. The van der Waals surface area contributed by atoms with Gasteiger partial charge in [0.25, 0.3) is 0 Å². The van der Waals surface area contributed by atoms with Gasteiger partial charge in [-0.05, 0) is 12.8 Å². The molecule has 4 nitrogen and oxygen atoms in total. The molecule has 0 spiro atoms. The van der Waals surface area contributed by atoms with E-state index in [1.165, 1.54) is 17.7 Å². The Labute approximate surface area is 104 Å². The number of amides is 1. The number of aliphatic carboxylic acids is 1. The van der Waals surface area contributed by atoms with Crippen LogP contribution >= 0.6 is 0 Å². The third kappa shape index (κ3) is 6.29. The number of carbonyl (C=O) groups is 2. The van der Waals surface area contributed by atoms with Crippen molar-refractivity contribution >= 4 is 11.9 Å². The number of carbonyl (C=O) groups excluding carboxylic acids is 1. The minimum atomic E-state index is -0.922. The molecule has 17 heavy (non-hydrogen) atoms. The van der Waals surface area contributed by atoms with Crippen molar-refractivity contribution in [1.82, 2.24) is 4.90 Å². The van der Waals surface area contributed by atoms with Gasteiger partial charge in [0, 0.05) is 13.5 Å². The molecule has 0 saturated carbocycles. The highest BCUT2D eigenvalue weighted by molar-refractivity contribution is 5.83. The molecular weight excluding hydrogens is 218 g/mol. The van der Waals surface area contributed by atoms with Crippen LogP contribution in [0, 0.1) is 0 Å². The van der Waals surface area contributed by atoms with Crippen LogP contribution in [0.5, 0.6) is 0 Å². The fourth-order valence-corrected chi connectivity index (χ4v) is 1.84. The van der Waals surface area contributed by atoms with Gasteiger partial charge >= 0.3 is 5.97 Å². The first-order valence-corrected chi connectivity index (χ1v) is 6.53. The van der Waals surface area contributed by atoms with Gasteiger partial charge in [0.1, 0.15) is 6.04 Å². The maximum atomic E-state index is 11.7. The predicted octanol–water partition coefficient (Wildman–Crippen LogP) is 2.67. The van der Waals surface area contributed by atoms with E-state index in [4.69, 9.17) is 5.11 Å². The van der Waals surface area contributed by atoms with Gasteiger partial charge in [-0.15, -0.1) is 0 Å². The Bertz CT molecular complexity index is 241. The van der Waals surface area contributed by atoms with Crippen molar-refractivity contribution in [2.24, 2.45) is 0 Å². The standard InChI is InChI=1S/C13H25NO3/c1-4-6-7-8-9-10-12(15)14(3)11(5-2)13(16)17/h11H,4-10H2,1-3H3,(H,16,17). The fraction of sp³-hybridized carbons (Fsp3) is 0.846. The van der Waals surface area contributed by atoms with Crippen molar-refractivity contribution in [2.45, 2.75) is 64.8 Å². The van der Waals surface area contributed by atoms with Gasteiger partial charge in [-0.25, -0.2) is 4.79 Å². The van der Waals surface area contributed by atoms with Crippen molar-refractivity contribution in [1.29, 1.82) is 0 Å². The normalized spacial score (nSPS) is 12.2. The first kappa shape index (κ1) is 15.9. The Kier molecular flexibility index (Phi) is 8.46. The molecule has 100 valence electrons. The molecule has 4 heteroatoms. The van der Waals surface area contributed by atoms with Crippen LogP contribution in [-0.2, 0) is 9.59 Å². The van der Waals surface area contributed by atoms with E-state index >= 15 is 0 Å². The van der Waals surface area contributed by atoms with Crippen LogP contribution in [0.3, 0.4) is 0 Å². The van der Waals surface area contributed by atoms with Gasteiger partial charge < -0.3 is 10.0 Å². The molecule has 0 saturated heterocycles. The van der Waals surface area contributed by atoms with Crippen molar-refractivity contribution in [3.8, 4) is 0 Å². The summed E-state index contributed by atoms with van der Waals surface area (Å²) in [4.78, 5) is 24.0. The Balaban J connectivity index is 3.92. The van der Waals surface area contributed by atoms with Gasteiger partial charge in [-0.2, -0.15) is 0 Å². The second-order valence-electron chi connectivity index (χ2n) is 4.43. The van der Waals surface area contributed by atoms with Crippen LogP contribution in [-0.4, -0.2) is 35.0 Å². The van der Waals surface area contributed by atoms with Crippen molar-refractivity contribution in [3.05, 3.63) is 0 Å². The summed E-state index contributed by atoms with van der Waals surface area (Å²) in [5.41, 5.74) is 0. The smallest absolute Gasteiger partial charge is 0.326 e. The highest BCUT2D eigenvalue weighted by atomic mass is 16.4. The van der Waals surface area contributed by atoms with E-state index in [2.05, 4.69) is 6.92 Å². The summed E-state index contributed by atoms with van der Waals surface area (Å²) in [6.45, 7) is 3.93. The number of hydrogen-bond donors (Lipinski definition) is 1. The lowest BCUT2D eigenvalue weighted by Gasteiger charge is -2.23. The lowest BCUT2D eigenvalue weighted by atomic mass is 10.1. The number of nitrogens with zero attached hydrogens (tertiary/aromatic N) is 1. The Morgan fingerprint density at radius 2 is 1.71 bits per heavy atom. The topological polar surface area (TPSA) is 57.6 Å². The molecule has 0 aromatic rings. The van der Waals surface area contributed by atoms with Crippen LogP contribution in [0.25, 0.3) is 0 Å². The quantitative estimate of drug-likeness (QED) is 0.633. The van der Waals surface area contributed by atoms with Crippen LogP contribution in [0.2, 0.25) is 0 Å². The number of carboxylic acids is 1. The summed E-state index contributed by atoms with van der Waals surface area (Å²) < 4.78 is 0. The van der Waals surface area contributed by atoms with Crippen LogP contribution < -0.4 is 0 Å². The van der Waals surface area contributed by atoms with E-state index in [0.717, 1.165) is 19.3 Å². The molecule has 1 unspecified atom stereocenters. The number of unbranched alkanes of at least 4 members (excludes halogenated alkanes) is 4. The zero-order valence-corrected chi connectivity index (χ0v) is 11.2. The Morgan fingerprint density at radius 1 is 1.12 bits per heavy atom. The van der Waals surface area contributed by atoms with E-state index in [-0.39, 0.29) is 5.91 Å². The van der Waals surface area contributed by atoms with Crippen molar-refractivity contribution < 1.29 is 14.7 Å². The third-order valence-corrected chi connectivity index (χ3v) is 3.03. The van der Waals surface area contributed by atoms with Crippen LogP contribution in [0.1, 0.15) is 58.8 Å². The minimum absolute atomic E-state index is 0.0595. The van der Waals surface area contributed by atoms with E-state index in [9.17, 15) is 9.59 Å². The molecule has 0 aliphatic heterocycles. The molecule has 1 atom stereocenters. The minimum Gasteiger partial charge on any atom is -0.480 e. The molecule has 1 N–H and O–H groups in total. The zero-order valence-electron chi connectivity index (χ0n) is 11.2. The van der Waals surface area contributed by atoms with E-state index in [1.54, 1.807) is 14.0 Å². The largest absolute Gasteiger partial charge is 0.480 e. The third-order valence-electron chi connectivity index (χ3n) is 3.03. The first-order valence-electron chi connectivity index (χ1n) is 6.53. The van der Waals surface area contributed by atoms with Crippen LogP contribution in [0.15, 0.2) is 0 Å². The van der Waals surface area contributed by atoms with Gasteiger partial charge in [0.15, 0.2) is 0 Å². The summed E-state index contributed by atoms with van der Waals surface area (Å²) in [5, 5.41) is 8.94. The summed E-state index contributed by atoms with van der Waals surface area (Å²) >= 11 is 0. The van der Waals surface area contributed by atoms with E-state index in [1.807, 2.05) is 0 Å². The number of carboxylic acid groups (broad SMARTS) is 1. The van der Waals surface area contributed by atoms with Crippen molar-refractivity contribution in [3.63, 3.8) is 0 Å². The maximum Gasteiger partial charge on any atom is 0.326 e. The molecule has 0 fully saturated rings. The van der Waals surface area contributed by atoms with Gasteiger partial charge in [0.05, 0.1) is 0 Å². The average molecular weight is 243 g/mol. The van der Waals surface area contributed by atoms with Crippen molar-refractivity contribution in [2.75, 3.05) is 7.05 Å². The lowest BCUT2D eigenvalue weighted by molar-refractivity contribution is -0.149. The zero-order chi connectivity index (χ0) is 13.3. The Hall–Kier alpha value is -1.06. The van der Waals surface area contributed by atoms with Gasteiger partial charge in [0.2, 0.25) is 5.91 Å². The molecule has 1 amide bonds. The SMILES string of the molecule is CCCCCCCC(=O)N(C)C(CC)C(=O)O. The Morgan fingerprint density at radius 3 is 2.18 bits per heavy atom. The lowest BCUT2D eigenvalue weighted by Crippen LogP contribution is -2.41. The highest BCUT2D eigenvalue weighted by Gasteiger charge is 2.23. The molecule has 0 aliphatic rings. The maximum absolute atomic E-state index is 11.7. The molecule has 0 heterocycles. The first-order chi connectivity index (χ1) is 8.04. The number of hydrogen-bond acceptors (Lipinski definition) is 2. The summed E-state index contributed by atoms with van der Waals surface area (Å²) in [6, 6.07) is -0.682. The average Bonchev–Trinajstić information content (AvgIpc) is 2.28. The second-order valence-corrected chi connectivity index (χ2v) is 4.43. The van der Waals surface area contributed by atoms with Gasteiger partial charge in [-0.1, -0.05) is 39.5 Å². The molecular formula is C13H25NO3. The van der Waals surface area contributed by atoms with E-state index < -0.39 is 12.0 Å². The number of likely N-dealkylation sites (N-methyl/N-ethyl adjacent to an activating group) is 1. The molecule has 0 rings (SSSR count). The molecule has 0 radical (unpaired) electrons. The molecule has 0 aliphatic carbocycles. The molecule has 0 aromatic heterocycles. The summed E-state index contributed by atoms with van der Waals surface area (Å²) in [7, 11) is 1.58. The number of rotatable bonds is 9. The second kappa shape index (κ2) is 9.02. The predicted molar refractivity (Wildman–Crippen MR) is 67.9 cm³/mol.